The second-order valence-corrected chi connectivity index (χ2v) is 6.98. The van der Waals surface area contributed by atoms with E-state index in [-0.39, 0.29) is 16.3 Å². The van der Waals surface area contributed by atoms with Gasteiger partial charge in [0.1, 0.15) is 11.5 Å². The van der Waals surface area contributed by atoms with Crippen molar-refractivity contribution in [2.75, 3.05) is 4.72 Å². The number of nitro benzene ring substituents is 1. The Morgan fingerprint density at radius 1 is 0.846 bits per heavy atom. The maximum Gasteiger partial charge on any atom is 0.271 e. The van der Waals surface area contributed by atoms with E-state index in [9.17, 15) is 18.5 Å². The molecule has 26 heavy (non-hydrogen) atoms. The fraction of sp³-hybridized carbons (Fsp3) is 0. The standard InChI is InChI=1S/C18H14N2O5S/c21-20(22)15-6-4-5-14(13-15)19-26(23,24)18-11-9-17(10-12-18)25-16-7-2-1-3-8-16/h1-13,19H. The number of nitro groups is 1. The van der Waals surface area contributed by atoms with Crippen molar-refractivity contribution in [2.24, 2.45) is 0 Å². The highest BCUT2D eigenvalue weighted by Gasteiger charge is 2.16. The van der Waals surface area contributed by atoms with Gasteiger partial charge in [-0.25, -0.2) is 8.42 Å². The molecule has 3 aromatic rings. The van der Waals surface area contributed by atoms with Crippen LogP contribution in [0.1, 0.15) is 0 Å². The van der Waals surface area contributed by atoms with Gasteiger partial charge in [0.05, 0.1) is 15.5 Å². The molecule has 0 spiro atoms. The smallest absolute Gasteiger partial charge is 0.271 e. The molecule has 3 aromatic carbocycles. The lowest BCUT2D eigenvalue weighted by molar-refractivity contribution is -0.384. The van der Waals surface area contributed by atoms with E-state index in [2.05, 4.69) is 4.72 Å². The molecule has 0 saturated heterocycles. The summed E-state index contributed by atoms with van der Waals surface area (Å²) in [6, 6.07) is 20.3. The molecule has 132 valence electrons. The molecular formula is C18H14N2O5S. The first-order valence-corrected chi connectivity index (χ1v) is 9.03. The number of sulfonamides is 1. The van der Waals surface area contributed by atoms with Crippen LogP contribution in [-0.4, -0.2) is 13.3 Å². The lowest BCUT2D eigenvalue weighted by atomic mass is 10.3. The van der Waals surface area contributed by atoms with Crippen molar-refractivity contribution in [3.05, 3.63) is 89.0 Å². The third kappa shape index (κ3) is 4.17. The Labute approximate surface area is 150 Å². The molecule has 0 aromatic heterocycles. The van der Waals surface area contributed by atoms with E-state index in [1.165, 1.54) is 42.5 Å². The van der Waals surface area contributed by atoms with Crippen LogP contribution >= 0.6 is 0 Å². The molecule has 0 radical (unpaired) electrons. The summed E-state index contributed by atoms with van der Waals surface area (Å²) < 4.78 is 32.8. The first-order valence-electron chi connectivity index (χ1n) is 7.54. The predicted octanol–water partition coefficient (Wildman–Crippen LogP) is 4.19. The van der Waals surface area contributed by atoms with Gasteiger partial charge >= 0.3 is 0 Å². The molecule has 0 aliphatic rings. The van der Waals surface area contributed by atoms with Crippen LogP contribution in [0.3, 0.4) is 0 Å². The first kappa shape index (κ1) is 17.4. The van der Waals surface area contributed by atoms with E-state index >= 15 is 0 Å². The van der Waals surface area contributed by atoms with Crippen LogP contribution in [0.15, 0.2) is 83.8 Å². The number of hydrogen-bond acceptors (Lipinski definition) is 5. The second-order valence-electron chi connectivity index (χ2n) is 5.30. The maximum absolute atomic E-state index is 12.4. The van der Waals surface area contributed by atoms with Crippen LogP contribution in [0.25, 0.3) is 0 Å². The van der Waals surface area contributed by atoms with Crippen molar-refractivity contribution in [3.63, 3.8) is 0 Å². The molecule has 7 nitrogen and oxygen atoms in total. The summed E-state index contributed by atoms with van der Waals surface area (Å²) in [5, 5.41) is 10.8. The molecule has 0 heterocycles. The van der Waals surface area contributed by atoms with E-state index in [0.29, 0.717) is 11.5 Å². The Hall–Kier alpha value is -3.39. The Bertz CT molecular complexity index is 1020. The Morgan fingerprint density at radius 3 is 2.15 bits per heavy atom. The van der Waals surface area contributed by atoms with Crippen molar-refractivity contribution >= 4 is 21.4 Å². The van der Waals surface area contributed by atoms with Gasteiger partial charge in [-0.3, -0.25) is 14.8 Å². The number of anilines is 1. The first-order chi connectivity index (χ1) is 12.4. The minimum absolute atomic E-state index is 0.0180. The number of hydrogen-bond donors (Lipinski definition) is 1. The highest BCUT2D eigenvalue weighted by Crippen LogP contribution is 2.24. The number of nitrogens with zero attached hydrogens (tertiary/aromatic N) is 1. The summed E-state index contributed by atoms with van der Waals surface area (Å²) in [6.07, 6.45) is 0. The Kier molecular flexibility index (Phi) is 4.85. The number of para-hydroxylation sites is 1. The fourth-order valence-electron chi connectivity index (χ4n) is 2.21. The minimum atomic E-state index is -3.87. The molecule has 0 saturated carbocycles. The predicted molar refractivity (Wildman–Crippen MR) is 96.9 cm³/mol. The fourth-order valence-corrected chi connectivity index (χ4v) is 3.26. The third-order valence-electron chi connectivity index (χ3n) is 3.42. The Morgan fingerprint density at radius 2 is 1.50 bits per heavy atom. The van der Waals surface area contributed by atoms with Crippen LogP contribution in [0, 0.1) is 10.1 Å². The second kappa shape index (κ2) is 7.24. The molecule has 0 fully saturated rings. The largest absolute Gasteiger partial charge is 0.457 e. The Balaban J connectivity index is 1.77. The normalized spacial score (nSPS) is 10.9. The van der Waals surface area contributed by atoms with Crippen LogP contribution < -0.4 is 9.46 Å². The van der Waals surface area contributed by atoms with Gasteiger partial charge in [0.25, 0.3) is 15.7 Å². The molecule has 3 rings (SSSR count). The van der Waals surface area contributed by atoms with Gasteiger partial charge in [-0.15, -0.1) is 0 Å². The zero-order valence-corrected chi connectivity index (χ0v) is 14.2. The quantitative estimate of drug-likeness (QED) is 0.518. The van der Waals surface area contributed by atoms with Crippen LogP contribution in [0.2, 0.25) is 0 Å². The lowest BCUT2D eigenvalue weighted by Gasteiger charge is -2.09. The van der Waals surface area contributed by atoms with E-state index in [0.717, 1.165) is 6.07 Å². The van der Waals surface area contributed by atoms with Crippen molar-refractivity contribution in [1.82, 2.24) is 0 Å². The molecule has 0 aliphatic heterocycles. The van der Waals surface area contributed by atoms with E-state index in [1.54, 1.807) is 12.1 Å². The summed E-state index contributed by atoms with van der Waals surface area (Å²) >= 11 is 0. The monoisotopic (exact) mass is 370 g/mol. The van der Waals surface area contributed by atoms with Gasteiger partial charge in [0, 0.05) is 12.1 Å². The van der Waals surface area contributed by atoms with Crippen molar-refractivity contribution in [3.8, 4) is 11.5 Å². The van der Waals surface area contributed by atoms with Crippen molar-refractivity contribution < 1.29 is 18.1 Å². The SMILES string of the molecule is O=[N+]([O-])c1cccc(NS(=O)(=O)c2ccc(Oc3ccccc3)cc2)c1. The molecule has 0 amide bonds. The summed E-state index contributed by atoms with van der Waals surface area (Å²) in [5.74, 6) is 1.13. The molecule has 0 aliphatic carbocycles. The number of benzene rings is 3. The summed E-state index contributed by atoms with van der Waals surface area (Å²) in [5.41, 5.74) is -0.0828. The summed E-state index contributed by atoms with van der Waals surface area (Å²) in [6.45, 7) is 0. The number of nitrogens with one attached hydrogen (secondary N) is 1. The van der Waals surface area contributed by atoms with Crippen LogP contribution in [0.5, 0.6) is 11.5 Å². The van der Waals surface area contributed by atoms with Gasteiger partial charge in [-0.1, -0.05) is 24.3 Å². The van der Waals surface area contributed by atoms with Crippen LogP contribution in [0.4, 0.5) is 11.4 Å². The molecule has 0 atom stereocenters. The molecule has 0 bridgehead atoms. The summed E-state index contributed by atoms with van der Waals surface area (Å²) in [4.78, 5) is 10.2. The molecular weight excluding hydrogens is 356 g/mol. The average molecular weight is 370 g/mol. The zero-order valence-electron chi connectivity index (χ0n) is 13.4. The van der Waals surface area contributed by atoms with Crippen LogP contribution in [-0.2, 0) is 10.0 Å². The van der Waals surface area contributed by atoms with Gasteiger partial charge in [-0.05, 0) is 42.5 Å². The average Bonchev–Trinajstić information content (AvgIpc) is 2.63. The number of rotatable bonds is 6. The lowest BCUT2D eigenvalue weighted by Crippen LogP contribution is -2.12. The van der Waals surface area contributed by atoms with E-state index in [1.807, 2.05) is 18.2 Å². The highest BCUT2D eigenvalue weighted by molar-refractivity contribution is 7.92. The maximum atomic E-state index is 12.4. The zero-order chi connectivity index (χ0) is 18.6. The molecule has 0 unspecified atom stereocenters. The summed E-state index contributed by atoms with van der Waals surface area (Å²) in [7, 11) is -3.87. The number of ether oxygens (including phenoxy) is 1. The third-order valence-corrected chi connectivity index (χ3v) is 4.82. The van der Waals surface area contributed by atoms with Crippen molar-refractivity contribution in [1.29, 1.82) is 0 Å². The topological polar surface area (TPSA) is 98.5 Å². The highest BCUT2D eigenvalue weighted by atomic mass is 32.2. The minimum Gasteiger partial charge on any atom is -0.457 e. The van der Waals surface area contributed by atoms with Gasteiger partial charge < -0.3 is 4.74 Å². The van der Waals surface area contributed by atoms with Crippen molar-refractivity contribution in [2.45, 2.75) is 4.90 Å². The molecule has 1 N–H and O–H groups in total. The molecule has 8 heteroatoms. The van der Waals surface area contributed by atoms with E-state index < -0.39 is 14.9 Å². The van der Waals surface area contributed by atoms with Gasteiger partial charge in [0.2, 0.25) is 0 Å². The van der Waals surface area contributed by atoms with E-state index in [4.69, 9.17) is 4.74 Å². The van der Waals surface area contributed by atoms with Gasteiger partial charge in [-0.2, -0.15) is 0 Å². The number of non-ortho nitro benzene ring substituents is 1. The van der Waals surface area contributed by atoms with Gasteiger partial charge in [0.15, 0.2) is 0 Å².